The number of carbonyl (C=O) groups excluding carboxylic acids is 2. The number of nitrogens with zero attached hydrogens (tertiary/aromatic N) is 3. The highest BCUT2D eigenvalue weighted by molar-refractivity contribution is 5.77. The monoisotopic (exact) mass is 372 g/mol. The van der Waals surface area contributed by atoms with E-state index >= 15 is 0 Å². The fraction of sp³-hybridized carbons (Fsp3) is 0.450. The van der Waals surface area contributed by atoms with Gasteiger partial charge in [-0.2, -0.15) is 5.10 Å². The first kappa shape index (κ1) is 20.5. The summed E-state index contributed by atoms with van der Waals surface area (Å²) in [6.45, 7) is 5.95. The third kappa shape index (κ3) is 5.57. The molecule has 7 nitrogen and oxygen atoms in total. The molecular weight excluding hydrogens is 344 g/mol. The van der Waals surface area contributed by atoms with Gasteiger partial charge in [-0.05, 0) is 32.4 Å². The molecule has 2 amide bonds. The third-order valence-corrected chi connectivity index (χ3v) is 4.28. The Morgan fingerprint density at radius 3 is 2.56 bits per heavy atom. The number of hydrogen-bond acceptors (Lipinski definition) is 4. The zero-order valence-electron chi connectivity index (χ0n) is 16.7. The number of likely N-dealkylation sites (N-methyl/N-ethyl adjacent to an activating group) is 1. The fourth-order valence-corrected chi connectivity index (χ4v) is 2.78. The quantitative estimate of drug-likeness (QED) is 0.771. The van der Waals surface area contributed by atoms with Crippen molar-refractivity contribution >= 4 is 11.8 Å². The normalized spacial score (nSPS) is 11.7. The van der Waals surface area contributed by atoms with Crippen molar-refractivity contribution in [3.63, 3.8) is 0 Å². The zero-order valence-corrected chi connectivity index (χ0v) is 16.7. The maximum atomic E-state index is 12.5. The molecule has 0 aliphatic carbocycles. The topological polar surface area (TPSA) is 76.5 Å². The second-order valence-electron chi connectivity index (χ2n) is 6.73. The Morgan fingerprint density at radius 1 is 1.26 bits per heavy atom. The number of ether oxygens (including phenoxy) is 1. The number of para-hydroxylation sites is 1. The van der Waals surface area contributed by atoms with Crippen molar-refractivity contribution in [1.29, 1.82) is 0 Å². The highest BCUT2D eigenvalue weighted by Crippen LogP contribution is 2.27. The largest absolute Gasteiger partial charge is 0.483 e. The van der Waals surface area contributed by atoms with Crippen LogP contribution in [0, 0.1) is 13.8 Å². The van der Waals surface area contributed by atoms with E-state index in [1.807, 2.05) is 51.1 Å². The van der Waals surface area contributed by atoms with E-state index in [0.717, 1.165) is 17.0 Å². The summed E-state index contributed by atoms with van der Waals surface area (Å²) < 4.78 is 7.40. The zero-order chi connectivity index (χ0) is 20.0. The highest BCUT2D eigenvalue weighted by atomic mass is 16.5. The van der Waals surface area contributed by atoms with E-state index in [-0.39, 0.29) is 31.0 Å². The second-order valence-corrected chi connectivity index (χ2v) is 6.73. The summed E-state index contributed by atoms with van der Waals surface area (Å²) >= 11 is 0. The summed E-state index contributed by atoms with van der Waals surface area (Å²) in [7, 11) is 3.37. The summed E-state index contributed by atoms with van der Waals surface area (Å²) in [6.07, 6.45) is 0.699. The Bertz CT molecular complexity index is 798. The minimum Gasteiger partial charge on any atom is -0.483 e. The van der Waals surface area contributed by atoms with Gasteiger partial charge in [-0.25, -0.2) is 0 Å². The van der Waals surface area contributed by atoms with E-state index in [9.17, 15) is 9.59 Å². The molecule has 2 aromatic rings. The molecule has 27 heavy (non-hydrogen) atoms. The van der Waals surface area contributed by atoms with Gasteiger partial charge in [0, 0.05) is 25.4 Å². The summed E-state index contributed by atoms with van der Waals surface area (Å²) in [5, 5.41) is 7.37. The van der Waals surface area contributed by atoms with E-state index in [4.69, 9.17) is 4.74 Å². The van der Waals surface area contributed by atoms with Crippen LogP contribution in [-0.2, 0) is 16.1 Å². The Labute approximate surface area is 160 Å². The first-order chi connectivity index (χ1) is 12.8. The number of nitrogens with one attached hydrogen (secondary N) is 1. The number of rotatable bonds is 8. The predicted molar refractivity (Wildman–Crippen MR) is 104 cm³/mol. The van der Waals surface area contributed by atoms with Crippen molar-refractivity contribution in [1.82, 2.24) is 20.0 Å². The van der Waals surface area contributed by atoms with Crippen LogP contribution in [-0.4, -0.2) is 47.2 Å². The molecule has 146 valence electrons. The van der Waals surface area contributed by atoms with Crippen LogP contribution in [0.15, 0.2) is 30.3 Å². The van der Waals surface area contributed by atoms with Crippen molar-refractivity contribution < 1.29 is 14.3 Å². The molecule has 1 N–H and O–H groups in total. The minimum absolute atomic E-state index is 0.0415. The maximum absolute atomic E-state index is 12.5. The number of benzene rings is 1. The molecule has 1 aromatic carbocycles. The van der Waals surface area contributed by atoms with Crippen LogP contribution in [0.1, 0.15) is 36.3 Å². The van der Waals surface area contributed by atoms with E-state index in [0.29, 0.717) is 12.2 Å². The van der Waals surface area contributed by atoms with Crippen molar-refractivity contribution in [2.24, 2.45) is 0 Å². The Morgan fingerprint density at radius 2 is 1.96 bits per heavy atom. The molecule has 0 saturated carbocycles. The number of amides is 2. The van der Waals surface area contributed by atoms with Crippen LogP contribution in [0.3, 0.4) is 0 Å². The Balaban J connectivity index is 2.09. The molecule has 0 saturated heterocycles. The minimum atomic E-state index is -0.208. The summed E-state index contributed by atoms with van der Waals surface area (Å²) in [4.78, 5) is 25.8. The molecule has 7 heteroatoms. The first-order valence-corrected chi connectivity index (χ1v) is 9.04. The highest BCUT2D eigenvalue weighted by Gasteiger charge is 2.18. The lowest BCUT2D eigenvalue weighted by atomic mass is 10.0. The fourth-order valence-electron chi connectivity index (χ4n) is 2.78. The average molecular weight is 372 g/mol. The van der Waals surface area contributed by atoms with Gasteiger partial charge < -0.3 is 15.0 Å². The van der Waals surface area contributed by atoms with Gasteiger partial charge in [-0.1, -0.05) is 25.1 Å². The van der Waals surface area contributed by atoms with Gasteiger partial charge in [0.15, 0.2) is 6.61 Å². The van der Waals surface area contributed by atoms with Crippen molar-refractivity contribution in [3.8, 4) is 5.75 Å². The molecule has 0 aliphatic heterocycles. The van der Waals surface area contributed by atoms with Gasteiger partial charge in [0.25, 0.3) is 5.91 Å². The van der Waals surface area contributed by atoms with Gasteiger partial charge in [0.05, 0.1) is 11.7 Å². The standard InChI is InChI=1S/C20H28N4O3/c1-6-17(21-19(25)12-24-15(3)11-14(2)22-24)16-9-7-8-10-18(16)27-13-20(26)23(4)5/h7-11,17H,6,12-13H2,1-5H3,(H,21,25). The number of carbonyl (C=O) groups is 2. The molecule has 0 bridgehead atoms. The smallest absolute Gasteiger partial charge is 0.259 e. The van der Waals surface area contributed by atoms with Gasteiger partial charge in [0.1, 0.15) is 12.3 Å². The molecule has 2 rings (SSSR count). The second kappa shape index (κ2) is 9.21. The van der Waals surface area contributed by atoms with Crippen LogP contribution in [0.5, 0.6) is 5.75 Å². The van der Waals surface area contributed by atoms with Gasteiger partial charge in [-0.15, -0.1) is 0 Å². The van der Waals surface area contributed by atoms with Crippen molar-refractivity contribution in [2.75, 3.05) is 20.7 Å². The first-order valence-electron chi connectivity index (χ1n) is 9.04. The van der Waals surface area contributed by atoms with Crippen molar-refractivity contribution in [3.05, 3.63) is 47.3 Å². The third-order valence-electron chi connectivity index (χ3n) is 4.28. The van der Waals surface area contributed by atoms with E-state index < -0.39 is 0 Å². The Kier molecular flexibility index (Phi) is 6.98. The lowest BCUT2D eigenvalue weighted by Gasteiger charge is -2.21. The van der Waals surface area contributed by atoms with Crippen LogP contribution < -0.4 is 10.1 Å². The number of hydrogen-bond donors (Lipinski definition) is 1. The molecule has 0 fully saturated rings. The van der Waals surface area contributed by atoms with Crippen molar-refractivity contribution in [2.45, 2.75) is 39.8 Å². The molecule has 1 heterocycles. The predicted octanol–water partition coefficient (Wildman–Crippen LogP) is 2.23. The molecule has 0 radical (unpaired) electrons. The van der Waals surface area contributed by atoms with Gasteiger partial charge >= 0.3 is 0 Å². The van der Waals surface area contributed by atoms with Gasteiger partial charge in [0.2, 0.25) is 5.91 Å². The lowest BCUT2D eigenvalue weighted by molar-refractivity contribution is -0.130. The molecule has 1 unspecified atom stereocenters. The van der Waals surface area contributed by atoms with E-state index in [1.54, 1.807) is 18.8 Å². The van der Waals surface area contributed by atoms with E-state index in [2.05, 4.69) is 10.4 Å². The summed E-state index contributed by atoms with van der Waals surface area (Å²) in [5.74, 6) is 0.365. The SMILES string of the molecule is CCC(NC(=O)Cn1nc(C)cc1C)c1ccccc1OCC(=O)N(C)C. The Hall–Kier alpha value is -2.83. The van der Waals surface area contributed by atoms with Crippen LogP contribution >= 0.6 is 0 Å². The molecular formula is C20H28N4O3. The molecule has 1 aromatic heterocycles. The lowest BCUT2D eigenvalue weighted by Crippen LogP contribution is -2.32. The number of aromatic nitrogens is 2. The maximum Gasteiger partial charge on any atom is 0.259 e. The molecule has 0 spiro atoms. The summed E-state index contributed by atoms with van der Waals surface area (Å²) in [5.41, 5.74) is 2.69. The average Bonchev–Trinajstić information content (AvgIpc) is 2.94. The van der Waals surface area contributed by atoms with Crippen LogP contribution in [0.2, 0.25) is 0 Å². The number of aryl methyl sites for hydroxylation is 2. The summed E-state index contributed by atoms with van der Waals surface area (Å²) in [6, 6.07) is 9.20. The van der Waals surface area contributed by atoms with Crippen LogP contribution in [0.25, 0.3) is 0 Å². The van der Waals surface area contributed by atoms with E-state index in [1.165, 1.54) is 4.90 Å². The van der Waals surface area contributed by atoms with Gasteiger partial charge in [-0.3, -0.25) is 14.3 Å². The van der Waals surface area contributed by atoms with Crippen LogP contribution in [0.4, 0.5) is 0 Å². The molecule has 1 atom stereocenters. The molecule has 0 aliphatic rings.